The summed E-state index contributed by atoms with van der Waals surface area (Å²) in [5.41, 5.74) is 0.331. The zero-order valence-corrected chi connectivity index (χ0v) is 21.9. The van der Waals surface area contributed by atoms with Crippen LogP contribution < -0.4 is 25.4 Å². The topological polar surface area (TPSA) is 110 Å². The summed E-state index contributed by atoms with van der Waals surface area (Å²) >= 11 is 0. The first-order valence-corrected chi connectivity index (χ1v) is 13.9. The SMILES string of the molecule is O=C(O)c1ccc(Oc2ccc(P(=O)(c3ccccc3)c3ccc(Oc4ccc(C(=O)O)cc4)cc3)cc2)cc1. The largest absolute Gasteiger partial charge is 0.478 e. The number of ether oxygens (including phenoxy) is 2. The molecule has 0 amide bonds. The number of carboxylic acids is 2. The van der Waals surface area contributed by atoms with Gasteiger partial charge in [-0.3, -0.25) is 0 Å². The van der Waals surface area contributed by atoms with Gasteiger partial charge in [0, 0.05) is 15.9 Å². The Kier molecular flexibility index (Phi) is 7.49. The number of hydrogen-bond donors (Lipinski definition) is 2. The van der Waals surface area contributed by atoms with Gasteiger partial charge in [-0.1, -0.05) is 30.3 Å². The van der Waals surface area contributed by atoms with Crippen LogP contribution in [0.25, 0.3) is 0 Å². The molecule has 0 radical (unpaired) electrons. The van der Waals surface area contributed by atoms with Crippen LogP contribution in [0, 0.1) is 0 Å². The Hall–Kier alpha value is -5.13. The van der Waals surface area contributed by atoms with Crippen LogP contribution in [0.2, 0.25) is 0 Å². The predicted molar refractivity (Wildman–Crippen MR) is 153 cm³/mol. The minimum Gasteiger partial charge on any atom is -0.478 e. The van der Waals surface area contributed by atoms with Gasteiger partial charge in [-0.2, -0.15) is 0 Å². The maximum absolute atomic E-state index is 14.8. The van der Waals surface area contributed by atoms with Crippen molar-refractivity contribution in [2.24, 2.45) is 0 Å². The molecule has 0 aromatic heterocycles. The van der Waals surface area contributed by atoms with Crippen LogP contribution in [0.4, 0.5) is 0 Å². The lowest BCUT2D eigenvalue weighted by Gasteiger charge is -2.20. The Morgan fingerprint density at radius 1 is 0.450 bits per heavy atom. The second kappa shape index (κ2) is 11.3. The van der Waals surface area contributed by atoms with Gasteiger partial charge in [-0.05, 0) is 97.1 Å². The van der Waals surface area contributed by atoms with E-state index < -0.39 is 19.1 Å². The Bertz CT molecular complexity index is 1570. The van der Waals surface area contributed by atoms with Gasteiger partial charge in [-0.25, -0.2) is 9.59 Å². The highest BCUT2D eigenvalue weighted by Gasteiger charge is 2.29. The van der Waals surface area contributed by atoms with Crippen molar-refractivity contribution in [1.29, 1.82) is 0 Å². The molecule has 2 N–H and O–H groups in total. The Morgan fingerprint density at radius 2 is 0.750 bits per heavy atom. The molecule has 5 aromatic carbocycles. The number of rotatable bonds is 9. The van der Waals surface area contributed by atoms with Gasteiger partial charge in [-0.15, -0.1) is 0 Å². The number of hydrogen-bond acceptors (Lipinski definition) is 5. The summed E-state index contributed by atoms with van der Waals surface area (Å²) in [6.07, 6.45) is 0. The van der Waals surface area contributed by atoms with Gasteiger partial charge in [0.25, 0.3) is 0 Å². The molecule has 0 saturated carbocycles. The number of benzene rings is 5. The molecule has 0 unspecified atom stereocenters. The van der Waals surface area contributed by atoms with Gasteiger partial charge < -0.3 is 24.3 Å². The maximum atomic E-state index is 14.8. The van der Waals surface area contributed by atoms with Crippen molar-refractivity contribution in [3.63, 3.8) is 0 Å². The van der Waals surface area contributed by atoms with Gasteiger partial charge in [0.1, 0.15) is 23.0 Å². The summed E-state index contributed by atoms with van der Waals surface area (Å²) in [4.78, 5) is 22.2. The van der Waals surface area contributed by atoms with Crippen molar-refractivity contribution in [2.45, 2.75) is 0 Å². The average Bonchev–Trinajstić information content (AvgIpc) is 2.98. The molecule has 8 heteroatoms. The molecule has 0 heterocycles. The van der Waals surface area contributed by atoms with E-state index in [0.29, 0.717) is 38.9 Å². The lowest BCUT2D eigenvalue weighted by molar-refractivity contribution is 0.0686. The van der Waals surface area contributed by atoms with Crippen molar-refractivity contribution < 1.29 is 33.8 Å². The third kappa shape index (κ3) is 5.65. The molecule has 40 heavy (non-hydrogen) atoms. The van der Waals surface area contributed by atoms with Gasteiger partial charge in [0.05, 0.1) is 11.1 Å². The standard InChI is InChI=1S/C32H23O7P/c33-31(34)22-6-10-24(11-7-22)38-26-14-18-29(19-15-26)40(37,28-4-2-1-3-5-28)30-20-16-27(17-21-30)39-25-12-8-23(9-13-25)32(35)36/h1-21H,(H,33,34)(H,35,36). The van der Waals surface area contributed by atoms with Crippen LogP contribution >= 0.6 is 7.14 Å². The molecule has 0 fully saturated rings. The normalized spacial score (nSPS) is 11.0. The third-order valence-electron chi connectivity index (χ3n) is 6.19. The lowest BCUT2D eigenvalue weighted by Crippen LogP contribution is -2.24. The molecule has 198 valence electrons. The zero-order chi connectivity index (χ0) is 28.1. The van der Waals surface area contributed by atoms with Crippen LogP contribution in [0.15, 0.2) is 127 Å². The highest BCUT2D eigenvalue weighted by Crippen LogP contribution is 2.43. The number of carbonyl (C=O) groups is 2. The van der Waals surface area contributed by atoms with E-state index in [1.807, 2.05) is 30.3 Å². The van der Waals surface area contributed by atoms with Crippen LogP contribution in [0.1, 0.15) is 20.7 Å². The van der Waals surface area contributed by atoms with E-state index >= 15 is 0 Å². The second-order valence-electron chi connectivity index (χ2n) is 8.80. The highest BCUT2D eigenvalue weighted by molar-refractivity contribution is 7.85. The molecule has 5 rings (SSSR count). The van der Waals surface area contributed by atoms with E-state index in [2.05, 4.69) is 0 Å². The van der Waals surface area contributed by atoms with E-state index in [4.69, 9.17) is 19.7 Å². The number of carboxylic acid groups (broad SMARTS) is 2. The Labute approximate surface area is 230 Å². The number of aromatic carboxylic acids is 2. The first-order chi connectivity index (χ1) is 19.3. The minimum atomic E-state index is -3.26. The second-order valence-corrected chi connectivity index (χ2v) is 11.6. The van der Waals surface area contributed by atoms with Gasteiger partial charge in [0.2, 0.25) is 0 Å². The predicted octanol–water partition coefficient (Wildman–Crippen LogP) is 6.31. The summed E-state index contributed by atoms with van der Waals surface area (Å²) in [6.45, 7) is 0. The van der Waals surface area contributed by atoms with Gasteiger partial charge >= 0.3 is 11.9 Å². The van der Waals surface area contributed by atoms with Crippen molar-refractivity contribution in [1.82, 2.24) is 0 Å². The van der Waals surface area contributed by atoms with Crippen molar-refractivity contribution in [3.8, 4) is 23.0 Å². The quantitative estimate of drug-likeness (QED) is 0.207. The summed E-state index contributed by atoms with van der Waals surface area (Å²) in [5, 5.41) is 20.1. The molecule has 0 aliphatic heterocycles. The molecule has 0 spiro atoms. The summed E-state index contributed by atoms with van der Waals surface area (Å²) < 4.78 is 26.5. The summed E-state index contributed by atoms with van der Waals surface area (Å²) in [7, 11) is -3.26. The van der Waals surface area contributed by atoms with Gasteiger partial charge in [0.15, 0.2) is 7.14 Å². The molecular weight excluding hydrogens is 527 g/mol. The molecule has 0 atom stereocenters. The fraction of sp³-hybridized carbons (Fsp3) is 0. The molecule has 0 aliphatic carbocycles. The smallest absolute Gasteiger partial charge is 0.335 e. The fourth-order valence-corrected chi connectivity index (χ4v) is 6.76. The summed E-state index contributed by atoms with van der Waals surface area (Å²) in [5.74, 6) is -0.0225. The first kappa shape index (κ1) is 26.5. The van der Waals surface area contributed by atoms with Crippen LogP contribution in [0.5, 0.6) is 23.0 Å². The van der Waals surface area contributed by atoms with Crippen LogP contribution in [0.3, 0.4) is 0 Å². The van der Waals surface area contributed by atoms with E-state index in [-0.39, 0.29) is 11.1 Å². The lowest BCUT2D eigenvalue weighted by atomic mass is 10.2. The fourth-order valence-electron chi connectivity index (χ4n) is 4.14. The minimum absolute atomic E-state index is 0.166. The van der Waals surface area contributed by atoms with E-state index in [1.165, 1.54) is 24.3 Å². The molecule has 7 nitrogen and oxygen atoms in total. The molecule has 0 bridgehead atoms. The van der Waals surface area contributed by atoms with Crippen LogP contribution in [-0.2, 0) is 4.57 Å². The summed E-state index contributed by atoms with van der Waals surface area (Å²) in [6, 6.07) is 35.4. The van der Waals surface area contributed by atoms with Crippen LogP contribution in [-0.4, -0.2) is 22.2 Å². The zero-order valence-electron chi connectivity index (χ0n) is 21.0. The van der Waals surface area contributed by atoms with Crippen molar-refractivity contribution in [2.75, 3.05) is 0 Å². The average molecular weight is 551 g/mol. The Morgan fingerprint density at radius 3 is 1.07 bits per heavy atom. The van der Waals surface area contributed by atoms with Crippen molar-refractivity contribution in [3.05, 3.63) is 139 Å². The highest BCUT2D eigenvalue weighted by atomic mass is 31.2. The van der Waals surface area contributed by atoms with E-state index in [1.54, 1.807) is 72.8 Å². The maximum Gasteiger partial charge on any atom is 0.335 e. The molecule has 0 saturated heterocycles. The molecule has 5 aromatic rings. The monoisotopic (exact) mass is 550 g/mol. The first-order valence-electron chi connectivity index (χ1n) is 12.2. The van der Waals surface area contributed by atoms with E-state index in [9.17, 15) is 14.2 Å². The van der Waals surface area contributed by atoms with Crippen molar-refractivity contribution >= 4 is 35.0 Å². The third-order valence-corrected chi connectivity index (χ3v) is 9.27. The molecule has 0 aliphatic rings. The van der Waals surface area contributed by atoms with E-state index in [0.717, 1.165) is 0 Å². The molecular formula is C32H23O7P. The Balaban J connectivity index is 1.41.